The highest BCUT2D eigenvalue weighted by Crippen LogP contribution is 2.13. The number of unbranched alkanes of at least 4 members (excludes halogenated alkanes) is 11. The average molecular weight is 334 g/mol. The highest BCUT2D eigenvalue weighted by molar-refractivity contribution is 5.89. The van der Waals surface area contributed by atoms with Crippen molar-refractivity contribution in [2.75, 3.05) is 6.61 Å². The Balaban J connectivity index is 1.87. The van der Waals surface area contributed by atoms with Gasteiger partial charge in [0.05, 0.1) is 12.2 Å². The van der Waals surface area contributed by atoms with Gasteiger partial charge in [0, 0.05) is 0 Å². The molecule has 0 aliphatic carbocycles. The number of carbonyl (C=O) groups is 1. The standard InChI is InChI=1S/C21H34O3/c1-2-3-4-5-6-7-8-9-10-11-12-13-18-24-21(23)19-14-16-20(22)17-15-19/h14-17,22H,2-13,18H2,1H3. The number of ether oxygens (including phenoxy) is 1. The van der Waals surface area contributed by atoms with E-state index in [1.807, 2.05) is 0 Å². The van der Waals surface area contributed by atoms with Crippen molar-refractivity contribution in [3.05, 3.63) is 29.8 Å². The number of carbonyl (C=O) groups excluding carboxylic acids is 1. The van der Waals surface area contributed by atoms with Crippen molar-refractivity contribution >= 4 is 5.97 Å². The van der Waals surface area contributed by atoms with Crippen molar-refractivity contribution in [1.82, 2.24) is 0 Å². The second-order valence-corrected chi connectivity index (χ2v) is 6.57. The molecule has 0 unspecified atom stereocenters. The van der Waals surface area contributed by atoms with E-state index in [4.69, 9.17) is 4.74 Å². The monoisotopic (exact) mass is 334 g/mol. The maximum atomic E-state index is 11.8. The van der Waals surface area contributed by atoms with Crippen LogP contribution < -0.4 is 0 Å². The Morgan fingerprint density at radius 1 is 0.792 bits per heavy atom. The van der Waals surface area contributed by atoms with Crippen molar-refractivity contribution in [2.24, 2.45) is 0 Å². The Morgan fingerprint density at radius 3 is 1.75 bits per heavy atom. The molecule has 1 N–H and O–H groups in total. The summed E-state index contributed by atoms with van der Waals surface area (Å²) in [7, 11) is 0. The lowest BCUT2D eigenvalue weighted by Gasteiger charge is -2.05. The van der Waals surface area contributed by atoms with Gasteiger partial charge in [0.15, 0.2) is 0 Å². The summed E-state index contributed by atoms with van der Waals surface area (Å²) in [5.41, 5.74) is 0.492. The molecule has 0 fully saturated rings. The minimum Gasteiger partial charge on any atom is -0.508 e. The van der Waals surface area contributed by atoms with Gasteiger partial charge >= 0.3 is 5.97 Å². The molecule has 0 aromatic heterocycles. The van der Waals surface area contributed by atoms with Crippen LogP contribution in [0.25, 0.3) is 0 Å². The largest absolute Gasteiger partial charge is 0.508 e. The smallest absolute Gasteiger partial charge is 0.338 e. The molecule has 0 heterocycles. The number of benzene rings is 1. The lowest BCUT2D eigenvalue weighted by molar-refractivity contribution is 0.0497. The molecule has 0 radical (unpaired) electrons. The van der Waals surface area contributed by atoms with Gasteiger partial charge in [-0.3, -0.25) is 0 Å². The molecule has 0 saturated carbocycles. The van der Waals surface area contributed by atoms with Crippen molar-refractivity contribution in [1.29, 1.82) is 0 Å². The molecule has 136 valence electrons. The molecule has 3 heteroatoms. The van der Waals surface area contributed by atoms with E-state index < -0.39 is 0 Å². The maximum absolute atomic E-state index is 11.8. The number of phenols is 1. The summed E-state index contributed by atoms with van der Waals surface area (Å²) >= 11 is 0. The van der Waals surface area contributed by atoms with Crippen LogP contribution in [-0.4, -0.2) is 17.7 Å². The zero-order valence-corrected chi connectivity index (χ0v) is 15.3. The van der Waals surface area contributed by atoms with Crippen molar-refractivity contribution in [2.45, 2.75) is 84.0 Å². The van der Waals surface area contributed by atoms with Crippen molar-refractivity contribution in [3.8, 4) is 5.75 Å². The average Bonchev–Trinajstić information content (AvgIpc) is 2.59. The quantitative estimate of drug-likeness (QED) is 0.323. The Morgan fingerprint density at radius 2 is 1.25 bits per heavy atom. The molecule has 3 nitrogen and oxygen atoms in total. The van der Waals surface area contributed by atoms with E-state index in [2.05, 4.69) is 6.92 Å². The van der Waals surface area contributed by atoms with Gasteiger partial charge in [0.2, 0.25) is 0 Å². The zero-order chi connectivity index (χ0) is 17.5. The molecule has 24 heavy (non-hydrogen) atoms. The SMILES string of the molecule is CCCCCCCCCCCCCCOC(=O)c1ccc(O)cc1. The molecule has 1 rings (SSSR count). The van der Waals surface area contributed by atoms with Gasteiger partial charge in [-0.25, -0.2) is 4.79 Å². The van der Waals surface area contributed by atoms with Crippen LogP contribution in [-0.2, 0) is 4.74 Å². The lowest BCUT2D eigenvalue weighted by Crippen LogP contribution is -2.06. The van der Waals surface area contributed by atoms with Crippen molar-refractivity contribution in [3.63, 3.8) is 0 Å². The first kappa shape index (κ1) is 20.5. The molecule has 0 saturated heterocycles. The van der Waals surface area contributed by atoms with Gasteiger partial charge in [0.1, 0.15) is 5.75 Å². The molecule has 1 aromatic carbocycles. The van der Waals surface area contributed by atoms with E-state index in [1.54, 1.807) is 12.1 Å². The lowest BCUT2D eigenvalue weighted by atomic mass is 10.1. The molecular formula is C21H34O3. The van der Waals surface area contributed by atoms with Crippen LogP contribution in [0, 0.1) is 0 Å². The van der Waals surface area contributed by atoms with E-state index in [0.29, 0.717) is 12.2 Å². The third-order valence-corrected chi connectivity index (χ3v) is 4.33. The molecule has 0 aliphatic heterocycles. The van der Waals surface area contributed by atoms with Crippen LogP contribution in [0.15, 0.2) is 24.3 Å². The van der Waals surface area contributed by atoms with E-state index in [9.17, 15) is 9.90 Å². The van der Waals surface area contributed by atoms with Gasteiger partial charge in [0.25, 0.3) is 0 Å². The van der Waals surface area contributed by atoms with E-state index >= 15 is 0 Å². The van der Waals surface area contributed by atoms with Crippen LogP contribution in [0.1, 0.15) is 94.3 Å². The van der Waals surface area contributed by atoms with E-state index in [1.165, 1.54) is 76.3 Å². The first-order chi connectivity index (χ1) is 11.7. The second kappa shape index (κ2) is 13.9. The molecule has 0 bridgehead atoms. The first-order valence-electron chi connectivity index (χ1n) is 9.70. The number of esters is 1. The number of phenolic OH excluding ortho intramolecular Hbond substituents is 1. The number of hydrogen-bond acceptors (Lipinski definition) is 3. The first-order valence-corrected chi connectivity index (χ1v) is 9.70. The molecule has 1 aromatic rings. The van der Waals surface area contributed by atoms with Gasteiger partial charge in [-0.2, -0.15) is 0 Å². The van der Waals surface area contributed by atoms with Crippen LogP contribution >= 0.6 is 0 Å². The number of rotatable bonds is 14. The summed E-state index contributed by atoms with van der Waals surface area (Å²) in [4.78, 5) is 11.8. The van der Waals surface area contributed by atoms with Gasteiger partial charge in [-0.1, -0.05) is 77.6 Å². The fourth-order valence-electron chi connectivity index (χ4n) is 2.79. The molecule has 0 aliphatic rings. The van der Waals surface area contributed by atoms with Crippen LogP contribution in [0.3, 0.4) is 0 Å². The fourth-order valence-corrected chi connectivity index (χ4v) is 2.79. The molecular weight excluding hydrogens is 300 g/mol. The third-order valence-electron chi connectivity index (χ3n) is 4.33. The summed E-state index contributed by atoms with van der Waals surface area (Å²) in [6.45, 7) is 2.74. The third kappa shape index (κ3) is 10.3. The maximum Gasteiger partial charge on any atom is 0.338 e. The van der Waals surface area contributed by atoms with Crippen LogP contribution in [0.5, 0.6) is 5.75 Å². The van der Waals surface area contributed by atoms with Crippen LogP contribution in [0.4, 0.5) is 0 Å². The predicted octanol–water partition coefficient (Wildman–Crippen LogP) is 6.25. The highest BCUT2D eigenvalue weighted by Gasteiger charge is 2.06. The fraction of sp³-hybridized carbons (Fsp3) is 0.667. The number of hydrogen-bond donors (Lipinski definition) is 1. The zero-order valence-electron chi connectivity index (χ0n) is 15.3. The molecule has 0 amide bonds. The Hall–Kier alpha value is -1.51. The molecule has 0 atom stereocenters. The Kier molecular flexibility index (Phi) is 11.9. The van der Waals surface area contributed by atoms with E-state index in [0.717, 1.165) is 12.8 Å². The van der Waals surface area contributed by atoms with Crippen LogP contribution in [0.2, 0.25) is 0 Å². The summed E-state index contributed by atoms with van der Waals surface area (Å²) in [6.07, 6.45) is 15.6. The van der Waals surface area contributed by atoms with Crippen molar-refractivity contribution < 1.29 is 14.6 Å². The topological polar surface area (TPSA) is 46.5 Å². The summed E-state index contributed by atoms with van der Waals surface area (Å²) in [5.74, 6) is -0.148. The normalized spacial score (nSPS) is 10.7. The summed E-state index contributed by atoms with van der Waals surface area (Å²) in [5, 5.41) is 9.19. The van der Waals surface area contributed by atoms with Gasteiger partial charge < -0.3 is 9.84 Å². The minimum atomic E-state index is -0.307. The Labute approximate surface area is 147 Å². The summed E-state index contributed by atoms with van der Waals surface area (Å²) in [6, 6.07) is 6.17. The van der Waals surface area contributed by atoms with E-state index in [-0.39, 0.29) is 11.7 Å². The Bertz CT molecular complexity index is 425. The highest BCUT2D eigenvalue weighted by atomic mass is 16.5. The van der Waals surface area contributed by atoms with Gasteiger partial charge in [-0.05, 0) is 30.7 Å². The molecule has 0 spiro atoms. The second-order valence-electron chi connectivity index (χ2n) is 6.57. The predicted molar refractivity (Wildman–Crippen MR) is 99.5 cm³/mol. The number of aromatic hydroxyl groups is 1. The summed E-state index contributed by atoms with van der Waals surface area (Å²) < 4.78 is 5.24. The minimum absolute atomic E-state index is 0.160. The van der Waals surface area contributed by atoms with Gasteiger partial charge in [-0.15, -0.1) is 0 Å².